The smallest absolute Gasteiger partial charge is 0.387 e. The van der Waals surface area contributed by atoms with Crippen molar-refractivity contribution in [2.75, 3.05) is 11.9 Å². The highest BCUT2D eigenvalue weighted by Crippen LogP contribution is 2.28. The quantitative estimate of drug-likeness (QED) is 0.295. The highest BCUT2D eigenvalue weighted by Gasteiger charge is 2.12. The maximum atomic E-state index is 12.6. The fraction of sp³-hybridized carbons (Fsp3) is 0.238. The van der Waals surface area contributed by atoms with Crippen molar-refractivity contribution in [2.24, 2.45) is 0 Å². The van der Waals surface area contributed by atoms with E-state index in [2.05, 4.69) is 14.8 Å². The molecule has 2 rings (SSSR count). The lowest BCUT2D eigenvalue weighted by Gasteiger charge is -2.11. The number of amides is 1. The molecule has 0 unspecified atom stereocenters. The van der Waals surface area contributed by atoms with E-state index >= 15 is 0 Å². The van der Waals surface area contributed by atoms with Crippen molar-refractivity contribution in [3.05, 3.63) is 54.1 Å². The minimum Gasteiger partial charge on any atom is -0.493 e. The van der Waals surface area contributed by atoms with Gasteiger partial charge in [0.05, 0.1) is 12.7 Å². The molecule has 0 saturated carbocycles. The Morgan fingerprint density at radius 1 is 1.06 bits per heavy atom. The molecule has 10 heteroatoms. The Labute approximate surface area is 175 Å². The number of anilines is 1. The number of alkyl halides is 4. The summed E-state index contributed by atoms with van der Waals surface area (Å²) < 4.78 is 63.8. The predicted octanol–water partition coefficient (Wildman–Crippen LogP) is 5.22. The van der Waals surface area contributed by atoms with Crippen LogP contribution in [-0.2, 0) is 4.79 Å². The molecule has 0 aliphatic carbocycles. The largest absolute Gasteiger partial charge is 0.493 e. The van der Waals surface area contributed by atoms with Crippen LogP contribution >= 0.6 is 0 Å². The number of rotatable bonds is 11. The maximum Gasteiger partial charge on any atom is 0.387 e. The van der Waals surface area contributed by atoms with E-state index in [1.165, 1.54) is 12.1 Å². The number of hydrogen-bond acceptors (Lipinski definition) is 5. The molecule has 0 atom stereocenters. The molecule has 0 heterocycles. The number of nitriles is 1. The van der Waals surface area contributed by atoms with Gasteiger partial charge in [0, 0.05) is 35.9 Å². The van der Waals surface area contributed by atoms with Crippen LogP contribution in [0.25, 0.3) is 6.08 Å². The minimum absolute atomic E-state index is 0.0617. The molecule has 0 saturated heterocycles. The zero-order valence-corrected chi connectivity index (χ0v) is 16.1. The van der Waals surface area contributed by atoms with Crippen molar-refractivity contribution in [2.45, 2.75) is 26.1 Å². The van der Waals surface area contributed by atoms with E-state index in [4.69, 9.17) is 10.00 Å². The molecule has 0 aromatic heterocycles. The summed E-state index contributed by atoms with van der Waals surface area (Å²) in [5.41, 5.74) is 0.490. The second-order valence-electron chi connectivity index (χ2n) is 5.92. The fourth-order valence-corrected chi connectivity index (χ4v) is 2.38. The first-order valence-electron chi connectivity index (χ1n) is 9.00. The zero-order chi connectivity index (χ0) is 22.6. The number of nitrogens with one attached hydrogen (secondary N) is 1. The summed E-state index contributed by atoms with van der Waals surface area (Å²) >= 11 is 0. The van der Waals surface area contributed by atoms with Crippen LogP contribution in [0, 0.1) is 11.3 Å². The number of carbonyl (C=O) groups is 1. The minimum atomic E-state index is -3.20. The number of nitrogens with zero attached hydrogens (tertiary/aromatic N) is 1. The number of carbonyl (C=O) groups excluding carboxylic acids is 1. The average molecular weight is 438 g/mol. The first kappa shape index (κ1) is 23.5. The van der Waals surface area contributed by atoms with Gasteiger partial charge in [-0.1, -0.05) is 6.07 Å². The lowest BCUT2D eigenvalue weighted by Crippen LogP contribution is -2.08. The summed E-state index contributed by atoms with van der Waals surface area (Å²) in [6.45, 7) is -5.97. The summed E-state index contributed by atoms with van der Waals surface area (Å²) in [4.78, 5) is 12.2. The number of unbranched alkanes of at least 4 members (excludes halogenated alkanes) is 1. The molecule has 1 amide bonds. The van der Waals surface area contributed by atoms with E-state index in [0.29, 0.717) is 30.9 Å². The Morgan fingerprint density at radius 2 is 1.84 bits per heavy atom. The third kappa shape index (κ3) is 8.65. The molecule has 1 N–H and O–H groups in total. The summed E-state index contributed by atoms with van der Waals surface area (Å²) in [5, 5.41) is 11.1. The summed E-state index contributed by atoms with van der Waals surface area (Å²) in [5.74, 6) is -0.858. The predicted molar refractivity (Wildman–Crippen MR) is 104 cm³/mol. The van der Waals surface area contributed by atoms with Crippen molar-refractivity contribution in [1.29, 1.82) is 5.26 Å². The van der Waals surface area contributed by atoms with Gasteiger partial charge in [0.2, 0.25) is 5.91 Å². The van der Waals surface area contributed by atoms with Crippen molar-refractivity contribution in [3.8, 4) is 23.3 Å². The Bertz CT molecular complexity index is 945. The van der Waals surface area contributed by atoms with E-state index in [1.54, 1.807) is 24.3 Å². The monoisotopic (exact) mass is 438 g/mol. The third-order valence-corrected chi connectivity index (χ3v) is 3.64. The van der Waals surface area contributed by atoms with Crippen LogP contribution in [0.3, 0.4) is 0 Å². The third-order valence-electron chi connectivity index (χ3n) is 3.64. The first-order valence-corrected chi connectivity index (χ1v) is 9.00. The van der Waals surface area contributed by atoms with Crippen molar-refractivity contribution >= 4 is 17.7 Å². The topological polar surface area (TPSA) is 80.6 Å². The van der Waals surface area contributed by atoms with Gasteiger partial charge in [-0.25, -0.2) is 0 Å². The van der Waals surface area contributed by atoms with Crippen LogP contribution in [-0.4, -0.2) is 25.7 Å². The van der Waals surface area contributed by atoms with E-state index in [0.717, 1.165) is 18.2 Å². The molecular weight excluding hydrogens is 420 g/mol. The summed E-state index contributed by atoms with van der Waals surface area (Å²) in [6.07, 6.45) is 3.21. The van der Waals surface area contributed by atoms with Gasteiger partial charge in [-0.05, 0) is 36.8 Å². The second-order valence-corrected chi connectivity index (χ2v) is 5.92. The van der Waals surface area contributed by atoms with E-state index in [1.807, 2.05) is 6.07 Å². The molecule has 0 bridgehead atoms. The molecule has 31 heavy (non-hydrogen) atoms. The second kappa shape index (κ2) is 12.1. The van der Waals surface area contributed by atoms with Gasteiger partial charge in [0.1, 0.15) is 17.2 Å². The Morgan fingerprint density at radius 3 is 2.55 bits per heavy atom. The maximum absolute atomic E-state index is 12.6. The molecule has 0 radical (unpaired) electrons. The van der Waals surface area contributed by atoms with Gasteiger partial charge in [-0.2, -0.15) is 22.8 Å². The fourth-order valence-electron chi connectivity index (χ4n) is 2.38. The van der Waals surface area contributed by atoms with Gasteiger partial charge in [0.15, 0.2) is 0 Å². The number of hydrogen-bond donors (Lipinski definition) is 1. The highest BCUT2D eigenvalue weighted by molar-refractivity contribution is 6.02. The van der Waals surface area contributed by atoms with Crippen LogP contribution in [0.15, 0.2) is 48.5 Å². The number of ether oxygens (including phenoxy) is 3. The lowest BCUT2D eigenvalue weighted by atomic mass is 10.1. The molecule has 2 aromatic carbocycles. The normalized spacial score (nSPS) is 10.9. The van der Waals surface area contributed by atoms with Crippen LogP contribution in [0.5, 0.6) is 17.2 Å². The highest BCUT2D eigenvalue weighted by atomic mass is 19.3. The Kier molecular flexibility index (Phi) is 9.16. The molecule has 164 valence electrons. The van der Waals surface area contributed by atoms with Crippen LogP contribution in [0.2, 0.25) is 0 Å². The SMILES string of the molecule is N#CCCCOc1cccc(NC(=O)/C=C/c2ccc(OC(F)F)cc2OC(F)F)c1. The summed E-state index contributed by atoms with van der Waals surface area (Å²) in [6, 6.07) is 11.8. The van der Waals surface area contributed by atoms with Gasteiger partial charge >= 0.3 is 13.2 Å². The van der Waals surface area contributed by atoms with Crippen molar-refractivity contribution < 1.29 is 36.6 Å². The van der Waals surface area contributed by atoms with Gasteiger partial charge in [0.25, 0.3) is 0 Å². The molecular formula is C21H18F4N2O4. The molecule has 0 fully saturated rings. The molecule has 0 aliphatic rings. The average Bonchev–Trinajstić information content (AvgIpc) is 2.70. The van der Waals surface area contributed by atoms with Gasteiger partial charge in [-0.3, -0.25) is 4.79 Å². The Balaban J connectivity index is 2.04. The first-order chi connectivity index (χ1) is 14.9. The molecule has 2 aromatic rings. The number of halogens is 4. The van der Waals surface area contributed by atoms with E-state index < -0.39 is 24.9 Å². The van der Waals surface area contributed by atoms with Crippen molar-refractivity contribution in [3.63, 3.8) is 0 Å². The Hall–Kier alpha value is -3.74. The van der Waals surface area contributed by atoms with E-state index in [9.17, 15) is 22.4 Å². The number of benzene rings is 2. The summed E-state index contributed by atoms with van der Waals surface area (Å²) in [7, 11) is 0. The van der Waals surface area contributed by atoms with E-state index in [-0.39, 0.29) is 11.3 Å². The lowest BCUT2D eigenvalue weighted by molar-refractivity contribution is -0.111. The molecule has 0 spiro atoms. The van der Waals surface area contributed by atoms with Crippen LogP contribution in [0.1, 0.15) is 18.4 Å². The van der Waals surface area contributed by atoms with Crippen LogP contribution in [0.4, 0.5) is 23.2 Å². The van der Waals surface area contributed by atoms with Gasteiger partial charge in [-0.15, -0.1) is 0 Å². The molecule has 0 aliphatic heterocycles. The van der Waals surface area contributed by atoms with Crippen LogP contribution < -0.4 is 19.5 Å². The zero-order valence-electron chi connectivity index (χ0n) is 16.1. The molecule has 6 nitrogen and oxygen atoms in total. The standard InChI is InChI=1S/C21H18F4N2O4/c22-20(23)30-17-8-6-14(18(13-17)31-21(24)25)7-9-19(28)27-15-4-3-5-16(12-15)29-11-2-1-10-26/h3-9,12-13,20-21H,1-2,11H2,(H,27,28)/b9-7+. The van der Waals surface area contributed by atoms with Gasteiger partial charge < -0.3 is 19.5 Å². The van der Waals surface area contributed by atoms with Crippen molar-refractivity contribution in [1.82, 2.24) is 0 Å².